The number of hydrogen-bond acceptors (Lipinski definition) is 4. The van der Waals surface area contributed by atoms with Crippen LogP contribution in [0.25, 0.3) is 0 Å². The first kappa shape index (κ1) is 11.6. The minimum absolute atomic E-state index is 0.118. The summed E-state index contributed by atoms with van der Waals surface area (Å²) >= 11 is 1.55. The Balaban J connectivity index is 2.17. The molecular formula is C11H12N4OS. The number of thiophene rings is 1. The van der Waals surface area contributed by atoms with Crippen molar-refractivity contribution >= 4 is 11.3 Å². The maximum absolute atomic E-state index is 11.6. The van der Waals surface area contributed by atoms with E-state index in [1.54, 1.807) is 18.4 Å². The van der Waals surface area contributed by atoms with Crippen LogP contribution < -0.4 is 11.4 Å². The highest BCUT2D eigenvalue weighted by Gasteiger charge is 2.04. The topological polar surface area (TPSA) is 65.8 Å². The smallest absolute Gasteiger partial charge is 0.320 e. The van der Waals surface area contributed by atoms with E-state index in [2.05, 4.69) is 16.9 Å². The molecule has 2 heterocycles. The quantitative estimate of drug-likeness (QED) is 0.761. The first-order valence-electron chi connectivity index (χ1n) is 5.07. The molecule has 0 aliphatic rings. The maximum atomic E-state index is 11.6. The number of rotatable bonds is 2. The van der Waals surface area contributed by atoms with Gasteiger partial charge in [0.05, 0.1) is 18.0 Å². The van der Waals surface area contributed by atoms with Crippen molar-refractivity contribution in [3.63, 3.8) is 0 Å². The summed E-state index contributed by atoms with van der Waals surface area (Å²) in [5.74, 6) is 5.76. The molecule has 17 heavy (non-hydrogen) atoms. The standard InChI is InChI=1S/C11H12N4OS/c1-14-8-13-15(11(14)16)7-10-5-4-9(17-10)3-2-6-12/h4-5,8H,6-7,12H2,1H3. The van der Waals surface area contributed by atoms with E-state index in [0.29, 0.717) is 13.1 Å². The number of nitrogens with two attached hydrogens (primary N) is 1. The second-order valence-corrected chi connectivity index (χ2v) is 4.62. The Labute approximate surface area is 102 Å². The van der Waals surface area contributed by atoms with E-state index >= 15 is 0 Å². The van der Waals surface area contributed by atoms with Crippen LogP contribution in [0, 0.1) is 11.8 Å². The lowest BCUT2D eigenvalue weighted by Gasteiger charge is -1.94. The van der Waals surface area contributed by atoms with Crippen molar-refractivity contribution < 1.29 is 0 Å². The Morgan fingerprint density at radius 1 is 1.53 bits per heavy atom. The average molecular weight is 248 g/mol. The molecule has 2 aromatic rings. The molecule has 2 N–H and O–H groups in total. The summed E-state index contributed by atoms with van der Waals surface area (Å²) in [4.78, 5) is 13.6. The van der Waals surface area contributed by atoms with Crippen LogP contribution in [-0.4, -0.2) is 20.9 Å². The van der Waals surface area contributed by atoms with Gasteiger partial charge in [0.15, 0.2) is 0 Å². The Bertz CT molecular complexity index is 626. The first-order valence-corrected chi connectivity index (χ1v) is 5.88. The fourth-order valence-electron chi connectivity index (χ4n) is 1.34. The van der Waals surface area contributed by atoms with Gasteiger partial charge < -0.3 is 5.73 Å². The maximum Gasteiger partial charge on any atom is 0.345 e. The summed E-state index contributed by atoms with van der Waals surface area (Å²) < 4.78 is 2.87. The summed E-state index contributed by atoms with van der Waals surface area (Å²) in [5, 5.41) is 4.00. The van der Waals surface area contributed by atoms with Crippen LogP contribution in [0.15, 0.2) is 23.3 Å². The van der Waals surface area contributed by atoms with Crippen LogP contribution in [0.1, 0.15) is 9.75 Å². The van der Waals surface area contributed by atoms with E-state index in [9.17, 15) is 4.79 Å². The largest absolute Gasteiger partial charge is 0.345 e. The lowest BCUT2D eigenvalue weighted by molar-refractivity contribution is 0.653. The molecule has 88 valence electrons. The molecule has 0 aliphatic carbocycles. The van der Waals surface area contributed by atoms with Gasteiger partial charge in [-0.25, -0.2) is 9.48 Å². The summed E-state index contributed by atoms with van der Waals surface area (Å²) in [6.07, 6.45) is 1.51. The fraction of sp³-hybridized carbons (Fsp3) is 0.273. The van der Waals surface area contributed by atoms with Crippen molar-refractivity contribution in [2.45, 2.75) is 6.54 Å². The Kier molecular flexibility index (Phi) is 3.42. The lowest BCUT2D eigenvalue weighted by atomic mass is 10.4. The molecule has 0 saturated heterocycles. The van der Waals surface area contributed by atoms with Crippen molar-refractivity contribution in [2.24, 2.45) is 12.8 Å². The van der Waals surface area contributed by atoms with E-state index in [-0.39, 0.29) is 5.69 Å². The molecule has 0 fully saturated rings. The van der Waals surface area contributed by atoms with Crippen molar-refractivity contribution in [3.8, 4) is 11.8 Å². The normalized spacial score (nSPS) is 10.0. The minimum atomic E-state index is -0.118. The molecule has 0 aromatic carbocycles. The van der Waals surface area contributed by atoms with Gasteiger partial charge >= 0.3 is 5.69 Å². The zero-order valence-corrected chi connectivity index (χ0v) is 10.2. The molecule has 0 spiro atoms. The number of hydrogen-bond donors (Lipinski definition) is 1. The minimum Gasteiger partial charge on any atom is -0.320 e. The Morgan fingerprint density at radius 2 is 2.35 bits per heavy atom. The molecule has 6 heteroatoms. The van der Waals surface area contributed by atoms with Gasteiger partial charge in [-0.15, -0.1) is 11.3 Å². The van der Waals surface area contributed by atoms with Gasteiger partial charge in [-0.1, -0.05) is 11.8 Å². The third-order valence-electron chi connectivity index (χ3n) is 2.17. The molecule has 0 atom stereocenters. The zero-order valence-electron chi connectivity index (χ0n) is 9.38. The van der Waals surface area contributed by atoms with Crippen LogP contribution in [0.5, 0.6) is 0 Å². The van der Waals surface area contributed by atoms with Gasteiger partial charge in [0.25, 0.3) is 0 Å². The monoisotopic (exact) mass is 248 g/mol. The predicted octanol–water partition coefficient (Wildman–Crippen LogP) is 0.00180. The van der Waals surface area contributed by atoms with Gasteiger partial charge in [0, 0.05) is 11.9 Å². The average Bonchev–Trinajstić information content (AvgIpc) is 2.89. The number of aromatic nitrogens is 3. The molecule has 0 saturated carbocycles. The Morgan fingerprint density at radius 3 is 3.00 bits per heavy atom. The van der Waals surface area contributed by atoms with Crippen molar-refractivity contribution in [1.29, 1.82) is 0 Å². The van der Waals surface area contributed by atoms with Gasteiger partial charge in [-0.3, -0.25) is 4.57 Å². The van der Waals surface area contributed by atoms with Crippen LogP contribution >= 0.6 is 11.3 Å². The number of nitrogens with zero attached hydrogens (tertiary/aromatic N) is 3. The molecular weight excluding hydrogens is 236 g/mol. The van der Waals surface area contributed by atoms with Gasteiger partial charge in [0.1, 0.15) is 6.33 Å². The molecule has 5 nitrogen and oxygen atoms in total. The highest BCUT2D eigenvalue weighted by atomic mass is 32.1. The lowest BCUT2D eigenvalue weighted by Crippen LogP contribution is -2.23. The molecule has 2 rings (SSSR count). The van der Waals surface area contributed by atoms with E-state index in [1.165, 1.54) is 15.6 Å². The SMILES string of the molecule is Cn1cnn(Cc2ccc(C#CCN)s2)c1=O. The summed E-state index contributed by atoms with van der Waals surface area (Å²) in [6, 6.07) is 3.88. The van der Waals surface area contributed by atoms with Crippen molar-refractivity contribution in [1.82, 2.24) is 14.3 Å². The van der Waals surface area contributed by atoms with E-state index < -0.39 is 0 Å². The summed E-state index contributed by atoms with van der Waals surface area (Å²) in [5.41, 5.74) is 5.18. The van der Waals surface area contributed by atoms with Gasteiger partial charge in [-0.05, 0) is 12.1 Å². The first-order chi connectivity index (χ1) is 8.20. The third kappa shape index (κ3) is 2.64. The van der Waals surface area contributed by atoms with E-state index in [4.69, 9.17) is 5.73 Å². The summed E-state index contributed by atoms with van der Waals surface area (Å²) in [6.45, 7) is 0.835. The molecule has 0 bridgehead atoms. The van der Waals surface area contributed by atoms with Crippen LogP contribution in [0.4, 0.5) is 0 Å². The van der Waals surface area contributed by atoms with Crippen molar-refractivity contribution in [2.75, 3.05) is 6.54 Å². The third-order valence-corrected chi connectivity index (χ3v) is 3.15. The van der Waals surface area contributed by atoms with Gasteiger partial charge in [-0.2, -0.15) is 5.10 Å². The second-order valence-electron chi connectivity index (χ2n) is 3.45. The summed E-state index contributed by atoms with van der Waals surface area (Å²) in [7, 11) is 1.68. The fourth-order valence-corrected chi connectivity index (χ4v) is 2.21. The van der Waals surface area contributed by atoms with E-state index in [0.717, 1.165) is 9.75 Å². The highest BCUT2D eigenvalue weighted by molar-refractivity contribution is 7.12. The second kappa shape index (κ2) is 4.99. The zero-order chi connectivity index (χ0) is 12.3. The molecule has 0 unspecified atom stereocenters. The van der Waals surface area contributed by atoms with E-state index in [1.807, 2.05) is 12.1 Å². The van der Waals surface area contributed by atoms with Crippen LogP contribution in [-0.2, 0) is 13.6 Å². The van der Waals surface area contributed by atoms with Crippen LogP contribution in [0.2, 0.25) is 0 Å². The van der Waals surface area contributed by atoms with Gasteiger partial charge in [0.2, 0.25) is 0 Å². The van der Waals surface area contributed by atoms with Crippen LogP contribution in [0.3, 0.4) is 0 Å². The molecule has 0 aliphatic heterocycles. The molecule has 0 amide bonds. The van der Waals surface area contributed by atoms with Crippen molar-refractivity contribution in [3.05, 3.63) is 38.7 Å². The molecule has 2 aromatic heterocycles. The predicted molar refractivity (Wildman–Crippen MR) is 66.8 cm³/mol. The highest BCUT2D eigenvalue weighted by Crippen LogP contribution is 2.15. The number of aryl methyl sites for hydroxylation is 1. The molecule has 0 radical (unpaired) electrons. The Hall–Kier alpha value is -1.84.